The molecule has 0 radical (unpaired) electrons. The van der Waals surface area contributed by atoms with Crippen LogP contribution in [0.2, 0.25) is 0 Å². The van der Waals surface area contributed by atoms with Gasteiger partial charge >= 0.3 is 0 Å². The lowest BCUT2D eigenvalue weighted by Crippen LogP contribution is -2.31. The number of pyridine rings is 1. The molecule has 1 aliphatic heterocycles. The van der Waals surface area contributed by atoms with Crippen LogP contribution in [0.15, 0.2) is 33.8 Å². The Hall–Kier alpha value is -1.88. The van der Waals surface area contributed by atoms with E-state index in [-0.39, 0.29) is 23.8 Å². The minimum absolute atomic E-state index is 0.0599. The Labute approximate surface area is 109 Å². The van der Waals surface area contributed by atoms with Crippen molar-refractivity contribution in [2.24, 2.45) is 5.92 Å². The quantitative estimate of drug-likeness (QED) is 0.841. The van der Waals surface area contributed by atoms with Crippen LogP contribution < -0.4 is 5.56 Å². The monoisotopic (exact) mass is 261 g/mol. The fraction of sp³-hybridized carbons (Fsp3) is 0.429. The van der Waals surface area contributed by atoms with E-state index in [0.29, 0.717) is 17.6 Å². The first-order chi connectivity index (χ1) is 9.25. The highest BCUT2D eigenvalue weighted by Crippen LogP contribution is 2.15. The number of furan rings is 1. The number of carbonyl (C=O) groups is 1. The average molecular weight is 261 g/mol. The summed E-state index contributed by atoms with van der Waals surface area (Å²) in [5, 5.41) is 0.509. The molecule has 1 atom stereocenters. The standard InChI is InChI=1S/C14H15NO4/c16-12(10-2-1-6-18-9-10)8-15-5-3-13-11(14(15)17)4-7-19-13/h3-5,7,10H,1-2,6,8-9H2. The van der Waals surface area contributed by atoms with Crippen molar-refractivity contribution in [3.05, 3.63) is 34.9 Å². The maximum absolute atomic E-state index is 12.1. The molecule has 0 saturated carbocycles. The van der Waals surface area contributed by atoms with Gasteiger partial charge in [-0.15, -0.1) is 0 Å². The van der Waals surface area contributed by atoms with Gasteiger partial charge in [0, 0.05) is 18.7 Å². The average Bonchev–Trinajstić information content (AvgIpc) is 2.92. The van der Waals surface area contributed by atoms with Crippen LogP contribution in [-0.4, -0.2) is 23.6 Å². The van der Waals surface area contributed by atoms with Crippen LogP contribution in [0.1, 0.15) is 12.8 Å². The first-order valence-corrected chi connectivity index (χ1v) is 6.43. The van der Waals surface area contributed by atoms with E-state index >= 15 is 0 Å². The number of rotatable bonds is 3. The Balaban J connectivity index is 1.82. The number of nitrogens with zero attached hydrogens (tertiary/aromatic N) is 1. The number of hydrogen-bond donors (Lipinski definition) is 0. The fourth-order valence-electron chi connectivity index (χ4n) is 2.42. The third-order valence-electron chi connectivity index (χ3n) is 3.53. The summed E-state index contributed by atoms with van der Waals surface area (Å²) in [5.74, 6) is -0.0228. The second kappa shape index (κ2) is 5.01. The van der Waals surface area contributed by atoms with Gasteiger partial charge in [-0.3, -0.25) is 9.59 Å². The molecule has 3 rings (SSSR count). The molecule has 2 aromatic rings. The van der Waals surface area contributed by atoms with Crippen molar-refractivity contribution in [3.8, 4) is 0 Å². The van der Waals surface area contributed by atoms with Gasteiger partial charge in [0.2, 0.25) is 0 Å². The summed E-state index contributed by atoms with van der Waals surface area (Å²) in [5.41, 5.74) is 0.367. The molecule has 3 heterocycles. The Morgan fingerprint density at radius 1 is 1.42 bits per heavy atom. The highest BCUT2D eigenvalue weighted by atomic mass is 16.5. The molecule has 0 aliphatic carbocycles. The molecule has 100 valence electrons. The zero-order valence-electron chi connectivity index (χ0n) is 10.5. The van der Waals surface area contributed by atoms with E-state index in [9.17, 15) is 9.59 Å². The van der Waals surface area contributed by atoms with Crippen LogP contribution in [0.3, 0.4) is 0 Å². The van der Waals surface area contributed by atoms with E-state index in [1.807, 2.05) is 0 Å². The van der Waals surface area contributed by atoms with Crippen LogP contribution in [0.25, 0.3) is 11.0 Å². The SMILES string of the molecule is O=C(Cn1ccc2occc2c1=O)C1CCCOC1. The van der Waals surface area contributed by atoms with Crippen molar-refractivity contribution in [1.82, 2.24) is 4.57 Å². The molecule has 1 aliphatic rings. The zero-order valence-corrected chi connectivity index (χ0v) is 10.5. The number of hydrogen-bond acceptors (Lipinski definition) is 4. The molecule has 0 N–H and O–H groups in total. The summed E-state index contributed by atoms with van der Waals surface area (Å²) in [4.78, 5) is 24.3. The van der Waals surface area contributed by atoms with E-state index < -0.39 is 0 Å². The molecule has 0 aromatic carbocycles. The fourth-order valence-corrected chi connectivity index (χ4v) is 2.42. The van der Waals surface area contributed by atoms with Gasteiger partial charge < -0.3 is 13.7 Å². The normalized spacial score (nSPS) is 19.7. The van der Waals surface area contributed by atoms with E-state index in [4.69, 9.17) is 9.15 Å². The van der Waals surface area contributed by atoms with Crippen LogP contribution in [0.5, 0.6) is 0 Å². The van der Waals surface area contributed by atoms with Gasteiger partial charge in [0.05, 0.1) is 24.8 Å². The summed E-state index contributed by atoms with van der Waals surface area (Å²) in [7, 11) is 0. The third kappa shape index (κ3) is 2.33. The Morgan fingerprint density at radius 2 is 2.32 bits per heavy atom. The summed E-state index contributed by atoms with van der Waals surface area (Å²) in [6.07, 6.45) is 4.84. The van der Waals surface area contributed by atoms with E-state index in [2.05, 4.69) is 0 Å². The number of carbonyl (C=O) groups excluding carboxylic acids is 1. The first-order valence-electron chi connectivity index (χ1n) is 6.43. The van der Waals surface area contributed by atoms with Gasteiger partial charge in [0.1, 0.15) is 5.58 Å². The number of ketones is 1. The van der Waals surface area contributed by atoms with Gasteiger partial charge in [-0.1, -0.05) is 0 Å². The molecule has 1 unspecified atom stereocenters. The molecule has 0 amide bonds. The van der Waals surface area contributed by atoms with Gasteiger partial charge in [0.15, 0.2) is 5.78 Å². The number of ether oxygens (including phenoxy) is 1. The minimum Gasteiger partial charge on any atom is -0.464 e. The molecule has 2 aromatic heterocycles. The first kappa shape index (κ1) is 12.2. The van der Waals surface area contributed by atoms with Crippen molar-refractivity contribution < 1.29 is 13.9 Å². The summed E-state index contributed by atoms with van der Waals surface area (Å²) < 4.78 is 11.9. The largest absolute Gasteiger partial charge is 0.464 e. The highest BCUT2D eigenvalue weighted by Gasteiger charge is 2.22. The smallest absolute Gasteiger partial charge is 0.262 e. The lowest BCUT2D eigenvalue weighted by molar-refractivity contribution is -0.127. The molecule has 5 heteroatoms. The molecule has 19 heavy (non-hydrogen) atoms. The van der Waals surface area contributed by atoms with Crippen LogP contribution in [0, 0.1) is 5.92 Å². The van der Waals surface area contributed by atoms with Crippen molar-refractivity contribution >= 4 is 16.8 Å². The zero-order chi connectivity index (χ0) is 13.2. The maximum Gasteiger partial charge on any atom is 0.262 e. The predicted octanol–water partition coefficient (Wildman–Crippen LogP) is 1.59. The van der Waals surface area contributed by atoms with Gasteiger partial charge in [0.25, 0.3) is 5.56 Å². The number of Topliss-reactive ketones (excluding diaryl/α,β-unsaturated/α-hetero) is 1. The minimum atomic E-state index is -0.184. The molecule has 0 spiro atoms. The van der Waals surface area contributed by atoms with Crippen molar-refractivity contribution in [2.75, 3.05) is 13.2 Å². The van der Waals surface area contributed by atoms with Gasteiger partial charge in [-0.05, 0) is 25.0 Å². The second-order valence-corrected chi connectivity index (χ2v) is 4.83. The summed E-state index contributed by atoms with van der Waals surface area (Å²) >= 11 is 0. The van der Waals surface area contributed by atoms with E-state index in [1.54, 1.807) is 18.3 Å². The lowest BCUT2D eigenvalue weighted by atomic mass is 9.97. The summed E-state index contributed by atoms with van der Waals surface area (Å²) in [6, 6.07) is 3.34. The topological polar surface area (TPSA) is 61.4 Å². The molecular weight excluding hydrogens is 246 g/mol. The molecule has 0 bridgehead atoms. The summed E-state index contributed by atoms with van der Waals surface area (Å²) in [6.45, 7) is 1.31. The molecule has 5 nitrogen and oxygen atoms in total. The van der Waals surface area contributed by atoms with Gasteiger partial charge in [-0.25, -0.2) is 0 Å². The lowest BCUT2D eigenvalue weighted by Gasteiger charge is -2.21. The van der Waals surface area contributed by atoms with Crippen molar-refractivity contribution in [3.63, 3.8) is 0 Å². The van der Waals surface area contributed by atoms with Crippen LogP contribution >= 0.6 is 0 Å². The Bertz CT molecular complexity index is 649. The van der Waals surface area contributed by atoms with Crippen molar-refractivity contribution in [2.45, 2.75) is 19.4 Å². The Morgan fingerprint density at radius 3 is 3.11 bits per heavy atom. The second-order valence-electron chi connectivity index (χ2n) is 4.83. The maximum atomic E-state index is 12.1. The predicted molar refractivity (Wildman–Crippen MR) is 69.0 cm³/mol. The van der Waals surface area contributed by atoms with Gasteiger partial charge in [-0.2, -0.15) is 0 Å². The molecular formula is C14H15NO4. The van der Waals surface area contributed by atoms with E-state index in [1.165, 1.54) is 10.8 Å². The number of aromatic nitrogens is 1. The Kier molecular flexibility index (Phi) is 3.21. The van der Waals surface area contributed by atoms with Crippen molar-refractivity contribution in [1.29, 1.82) is 0 Å². The van der Waals surface area contributed by atoms with E-state index in [0.717, 1.165) is 19.4 Å². The highest BCUT2D eigenvalue weighted by molar-refractivity contribution is 5.82. The van der Waals surface area contributed by atoms with Crippen LogP contribution in [-0.2, 0) is 16.1 Å². The molecule has 1 fully saturated rings. The van der Waals surface area contributed by atoms with Crippen LogP contribution in [0.4, 0.5) is 0 Å². The molecule has 1 saturated heterocycles. The number of fused-ring (bicyclic) bond motifs is 1. The third-order valence-corrected chi connectivity index (χ3v) is 3.53.